The molecule has 74 heavy (non-hydrogen) atoms. The molecule has 4 atom stereocenters. The van der Waals surface area contributed by atoms with Crippen LogP contribution >= 0.6 is 11.3 Å². The third kappa shape index (κ3) is 10.1. The van der Waals surface area contributed by atoms with Crippen LogP contribution in [-0.4, -0.2) is 118 Å². The first-order valence-corrected chi connectivity index (χ1v) is 27.2. The standard InChI is InChI=1S/C56H65N11O6S/c1-32(2)50(55(71)67-29-41(68)23-46(67)54(70)57-26-35-9-13-38(14-10-35)52-33(3)60-31-74-52)48-25-49(64-73-48)72-30-36-11-15-40(16-12-36)65-20-17-37(18-21-65)39-27-58-56(59-28-39)66-22-19-44-51(34(66)4)43-24-45(62-63-53(43)61-44)42-7-5-6-8-47(42)69/h5-10,13-14,24-25,27-28,31-32,34,36-37,40-41,46,50,68-69H,11-12,15-23,26,29-30H2,1-4H3,(H,57,70)(H,61,63)/t34-,36-,40-,41+,46-,50?/m0/s1. The lowest BCUT2D eigenvalue weighted by Gasteiger charge is -2.40. The Balaban J connectivity index is 0.633. The number of nitrogens with zero attached hydrogens (tertiary/aromatic N) is 9. The molecule has 0 spiro atoms. The summed E-state index contributed by atoms with van der Waals surface area (Å²) < 4.78 is 12.0. The number of likely N-dealkylation sites (tertiary alicyclic amines) is 2. The van der Waals surface area contributed by atoms with Gasteiger partial charge in [0.2, 0.25) is 17.8 Å². The number of thiazole rings is 1. The van der Waals surface area contributed by atoms with E-state index in [1.165, 1.54) is 16.0 Å². The average Bonchev–Trinajstić information content (AvgIpc) is 4.24. The highest BCUT2D eigenvalue weighted by molar-refractivity contribution is 7.13. The van der Waals surface area contributed by atoms with Gasteiger partial charge in [-0.1, -0.05) is 50.2 Å². The number of phenolic OH excluding ortho intramolecular Hbond substituents is 1. The third-order valence-electron chi connectivity index (χ3n) is 16.1. The summed E-state index contributed by atoms with van der Waals surface area (Å²) in [4.78, 5) is 53.1. The highest BCUT2D eigenvalue weighted by Crippen LogP contribution is 2.40. The van der Waals surface area contributed by atoms with Crippen molar-refractivity contribution < 1.29 is 29.1 Å². The minimum Gasteiger partial charge on any atom is -0.507 e. The van der Waals surface area contributed by atoms with Gasteiger partial charge in [-0.2, -0.15) is 0 Å². The van der Waals surface area contributed by atoms with Crippen LogP contribution in [0.4, 0.5) is 5.95 Å². The summed E-state index contributed by atoms with van der Waals surface area (Å²) in [5.74, 6) is 1.06. The van der Waals surface area contributed by atoms with Crippen LogP contribution in [0.1, 0.15) is 117 Å². The van der Waals surface area contributed by atoms with Crippen LogP contribution in [0.5, 0.6) is 11.6 Å². The number of anilines is 1. The molecule has 5 aromatic heterocycles. The minimum absolute atomic E-state index is 0.0231. The molecule has 11 rings (SSSR count). The fourth-order valence-electron chi connectivity index (χ4n) is 11.9. The Morgan fingerprint density at radius 3 is 2.46 bits per heavy atom. The van der Waals surface area contributed by atoms with Gasteiger partial charge < -0.3 is 44.5 Å². The van der Waals surface area contributed by atoms with Gasteiger partial charge in [0, 0.05) is 79.2 Å². The van der Waals surface area contributed by atoms with Gasteiger partial charge in [-0.25, -0.2) is 15.0 Å². The second kappa shape index (κ2) is 21.2. The van der Waals surface area contributed by atoms with Crippen molar-refractivity contribution in [3.05, 3.63) is 112 Å². The lowest BCUT2D eigenvalue weighted by atomic mass is 9.83. The number of aromatic hydroxyl groups is 1. The van der Waals surface area contributed by atoms with Crippen LogP contribution in [0, 0.1) is 18.8 Å². The molecule has 1 saturated carbocycles. The van der Waals surface area contributed by atoms with Crippen LogP contribution < -0.4 is 15.0 Å². The molecule has 8 heterocycles. The van der Waals surface area contributed by atoms with Crippen molar-refractivity contribution in [3.63, 3.8) is 0 Å². The molecule has 0 bridgehead atoms. The second-order valence-corrected chi connectivity index (χ2v) is 22.0. The first kappa shape index (κ1) is 49.5. The van der Waals surface area contributed by atoms with E-state index < -0.39 is 18.1 Å². The van der Waals surface area contributed by atoms with Gasteiger partial charge in [0.25, 0.3) is 5.88 Å². The highest BCUT2D eigenvalue weighted by Gasteiger charge is 2.43. The molecule has 4 aliphatic rings. The number of aryl methyl sites for hydroxylation is 1. The largest absolute Gasteiger partial charge is 0.507 e. The molecule has 2 saturated heterocycles. The Kier molecular flexibility index (Phi) is 14.2. The predicted octanol–water partition coefficient (Wildman–Crippen LogP) is 8.50. The van der Waals surface area contributed by atoms with E-state index in [4.69, 9.17) is 19.2 Å². The number of aromatic amines is 1. The van der Waals surface area contributed by atoms with E-state index in [1.54, 1.807) is 29.5 Å². The van der Waals surface area contributed by atoms with E-state index in [9.17, 15) is 19.8 Å². The Bertz CT molecular complexity index is 3090. The number of carbonyl (C=O) groups is 2. The summed E-state index contributed by atoms with van der Waals surface area (Å²) in [6, 6.07) is 18.7. The number of rotatable bonds is 14. The molecule has 0 radical (unpaired) electrons. The number of ether oxygens (including phenoxy) is 1. The molecule has 386 valence electrons. The first-order chi connectivity index (χ1) is 35.9. The Labute approximate surface area is 434 Å². The van der Waals surface area contributed by atoms with Crippen LogP contribution in [0.2, 0.25) is 0 Å². The topological polar surface area (TPSA) is 212 Å². The molecule has 3 fully saturated rings. The smallest absolute Gasteiger partial charge is 0.254 e. The lowest BCUT2D eigenvalue weighted by Crippen LogP contribution is -2.48. The van der Waals surface area contributed by atoms with Gasteiger partial charge in [-0.3, -0.25) is 9.59 Å². The first-order valence-electron chi connectivity index (χ1n) is 26.3. The van der Waals surface area contributed by atoms with E-state index in [2.05, 4.69) is 47.4 Å². The number of phenols is 1. The number of para-hydroxylation sites is 1. The maximum Gasteiger partial charge on any atom is 0.254 e. The summed E-state index contributed by atoms with van der Waals surface area (Å²) in [5, 5.41) is 38.3. The molecule has 17 nitrogen and oxygen atoms in total. The summed E-state index contributed by atoms with van der Waals surface area (Å²) in [6.45, 7) is 11.9. The molecular formula is C56H65N11O6S. The molecule has 18 heteroatoms. The summed E-state index contributed by atoms with van der Waals surface area (Å²) in [5.41, 5.74) is 10.4. The zero-order valence-electron chi connectivity index (χ0n) is 42.5. The maximum absolute atomic E-state index is 14.2. The molecule has 7 aromatic rings. The van der Waals surface area contributed by atoms with Crippen LogP contribution in [0.3, 0.4) is 0 Å². The minimum atomic E-state index is -0.807. The number of amides is 2. The second-order valence-electron chi connectivity index (χ2n) is 21.1. The van der Waals surface area contributed by atoms with E-state index in [0.717, 1.165) is 109 Å². The zero-order valence-corrected chi connectivity index (χ0v) is 43.3. The average molecular weight is 1020 g/mol. The van der Waals surface area contributed by atoms with E-state index in [1.807, 2.05) is 81.1 Å². The van der Waals surface area contributed by atoms with Gasteiger partial charge >= 0.3 is 0 Å². The van der Waals surface area contributed by atoms with E-state index >= 15 is 0 Å². The number of hydrogen-bond acceptors (Lipinski definition) is 15. The number of aliphatic hydroxyl groups is 1. The van der Waals surface area contributed by atoms with Gasteiger partial charge in [-0.15, -0.1) is 21.5 Å². The predicted molar refractivity (Wildman–Crippen MR) is 282 cm³/mol. The molecule has 2 aromatic carbocycles. The van der Waals surface area contributed by atoms with Crippen molar-refractivity contribution in [3.8, 4) is 33.3 Å². The van der Waals surface area contributed by atoms with Crippen LogP contribution in [0.25, 0.3) is 32.7 Å². The number of aromatic nitrogens is 7. The number of nitrogens with one attached hydrogen (secondary N) is 2. The Morgan fingerprint density at radius 2 is 1.73 bits per heavy atom. The third-order valence-corrected chi connectivity index (χ3v) is 17.1. The lowest BCUT2D eigenvalue weighted by molar-refractivity contribution is -0.141. The maximum atomic E-state index is 14.2. The van der Waals surface area contributed by atoms with Crippen molar-refractivity contribution >= 4 is 40.1 Å². The number of hydrogen-bond donors (Lipinski definition) is 4. The number of aliphatic hydroxyl groups excluding tert-OH is 1. The van der Waals surface area contributed by atoms with Gasteiger partial charge in [0.05, 0.1) is 40.5 Å². The van der Waals surface area contributed by atoms with Gasteiger partial charge in [-0.05, 0) is 123 Å². The number of H-pyrrole nitrogens is 1. The highest BCUT2D eigenvalue weighted by atomic mass is 32.1. The summed E-state index contributed by atoms with van der Waals surface area (Å²) >= 11 is 1.60. The molecule has 3 aliphatic heterocycles. The molecule has 2 amide bonds. The Hall–Kier alpha value is -6.76. The molecular weight excluding hydrogens is 955 g/mol. The summed E-state index contributed by atoms with van der Waals surface area (Å²) in [6.07, 6.45) is 10.8. The fourth-order valence-corrected chi connectivity index (χ4v) is 12.8. The Morgan fingerprint density at radius 1 is 0.959 bits per heavy atom. The molecule has 4 N–H and O–H groups in total. The van der Waals surface area contributed by atoms with Crippen molar-refractivity contribution in [2.45, 2.75) is 122 Å². The SMILES string of the molecule is Cc1ncsc1-c1ccc(CNC(=O)[C@@H]2C[C@@H](O)CN2C(=O)C(c2cc(OC[C@H]3CC[C@H](N4CCC(c5cnc(N6CCc7[nH]c8nnc(-c9ccccc9O)cc8c7[C@@H]6C)nc5)CC4)CC3)no2)C(C)C)cc1. The van der Waals surface area contributed by atoms with E-state index in [-0.39, 0.29) is 42.5 Å². The number of fused-ring (bicyclic) bond motifs is 3. The quantitative estimate of drug-likeness (QED) is 0.0805. The van der Waals surface area contributed by atoms with Crippen molar-refractivity contribution in [2.24, 2.45) is 11.8 Å². The van der Waals surface area contributed by atoms with Crippen LogP contribution in [0.15, 0.2) is 83.1 Å². The number of benzene rings is 2. The zero-order chi connectivity index (χ0) is 51.0. The normalized spacial score (nSPS) is 22.1. The van der Waals surface area contributed by atoms with E-state index in [0.29, 0.717) is 53.9 Å². The number of carbonyl (C=O) groups excluding carboxylic acids is 2. The fraction of sp³-hybridized carbons (Fsp3) is 0.464. The number of β-amino-alcohol motifs (C(OH)–C–C–N with tert-alkyl or cyclic N) is 1. The van der Waals surface area contributed by atoms with Crippen molar-refractivity contribution in [1.82, 2.24) is 50.4 Å². The van der Waals surface area contributed by atoms with Crippen molar-refractivity contribution in [2.75, 3.05) is 37.7 Å². The summed E-state index contributed by atoms with van der Waals surface area (Å²) in [7, 11) is 0. The monoisotopic (exact) mass is 1020 g/mol. The number of piperidine rings is 1. The molecule has 1 aliphatic carbocycles. The van der Waals surface area contributed by atoms with Crippen molar-refractivity contribution in [1.29, 1.82) is 0 Å². The van der Waals surface area contributed by atoms with Crippen LogP contribution in [-0.2, 0) is 22.6 Å². The van der Waals surface area contributed by atoms with Gasteiger partial charge in [0.15, 0.2) is 11.4 Å². The van der Waals surface area contributed by atoms with Gasteiger partial charge in [0.1, 0.15) is 17.7 Å². The molecule has 1 unspecified atom stereocenters.